The number of hydrogen-bond acceptors (Lipinski definition) is 4. The van der Waals surface area contributed by atoms with E-state index >= 15 is 0 Å². The van der Waals surface area contributed by atoms with Gasteiger partial charge in [-0.3, -0.25) is 9.59 Å². The Morgan fingerprint density at radius 3 is 2.41 bits per heavy atom. The summed E-state index contributed by atoms with van der Waals surface area (Å²) in [5.74, 6) is 0.736. The van der Waals surface area contributed by atoms with Crippen molar-refractivity contribution in [1.29, 1.82) is 0 Å². The minimum atomic E-state index is -0.174. The lowest BCUT2D eigenvalue weighted by molar-refractivity contribution is -0.133. The highest BCUT2D eigenvalue weighted by atomic mass is 16.5. The number of ether oxygens (including phenoxy) is 2. The second-order valence-corrected chi connectivity index (χ2v) is 9.56. The van der Waals surface area contributed by atoms with Crippen LogP contribution in [0.2, 0.25) is 0 Å². The van der Waals surface area contributed by atoms with E-state index in [1.807, 2.05) is 36.5 Å². The second-order valence-electron chi connectivity index (χ2n) is 9.56. The molecule has 0 atom stereocenters. The third-order valence-electron chi connectivity index (χ3n) is 6.30. The number of benzene rings is 2. The summed E-state index contributed by atoms with van der Waals surface area (Å²) in [6, 6.07) is 21.3. The molecule has 7 heteroatoms. The van der Waals surface area contributed by atoms with E-state index in [4.69, 9.17) is 9.47 Å². The van der Waals surface area contributed by atoms with Crippen LogP contribution in [0.4, 0.5) is 0 Å². The highest BCUT2D eigenvalue weighted by Gasteiger charge is 2.23. The monoisotopic (exact) mass is 505 g/mol. The maximum atomic E-state index is 13.6. The molecule has 0 bridgehead atoms. The standard InChI is InChI=1S/C30H39N3O4/c1-24(2)15-17-33(30(35)26-12-8-14-28(20-26)37-4)23-29(34)32(18-19-36-3)22-27-13-9-16-31(27)21-25-10-6-5-7-11-25/h5-14,16,20,24H,15,17-19,21-23H2,1-4H3. The average Bonchev–Trinajstić information content (AvgIpc) is 3.35. The van der Waals surface area contributed by atoms with Crippen molar-refractivity contribution in [1.82, 2.24) is 14.4 Å². The number of rotatable bonds is 14. The zero-order valence-electron chi connectivity index (χ0n) is 22.4. The van der Waals surface area contributed by atoms with Crippen molar-refractivity contribution in [3.8, 4) is 5.75 Å². The zero-order valence-corrected chi connectivity index (χ0v) is 22.4. The number of carbonyl (C=O) groups excluding carboxylic acids is 2. The van der Waals surface area contributed by atoms with Gasteiger partial charge in [0.15, 0.2) is 0 Å². The average molecular weight is 506 g/mol. The van der Waals surface area contributed by atoms with Crippen LogP contribution in [0.15, 0.2) is 72.9 Å². The Kier molecular flexibility index (Phi) is 10.8. The van der Waals surface area contributed by atoms with Gasteiger partial charge < -0.3 is 23.8 Å². The van der Waals surface area contributed by atoms with Crippen LogP contribution in [0.25, 0.3) is 0 Å². The Morgan fingerprint density at radius 1 is 0.919 bits per heavy atom. The van der Waals surface area contributed by atoms with Gasteiger partial charge in [0.1, 0.15) is 12.3 Å². The quantitative estimate of drug-likeness (QED) is 0.318. The highest BCUT2D eigenvalue weighted by molar-refractivity contribution is 5.96. The molecule has 3 aromatic rings. The topological polar surface area (TPSA) is 64.0 Å². The van der Waals surface area contributed by atoms with Crippen molar-refractivity contribution in [3.05, 3.63) is 89.7 Å². The van der Waals surface area contributed by atoms with E-state index in [2.05, 4.69) is 30.5 Å². The van der Waals surface area contributed by atoms with Gasteiger partial charge in [0.25, 0.3) is 5.91 Å². The summed E-state index contributed by atoms with van der Waals surface area (Å²) in [5.41, 5.74) is 2.73. The number of hydrogen-bond donors (Lipinski definition) is 0. The lowest BCUT2D eigenvalue weighted by Crippen LogP contribution is -2.44. The number of aromatic nitrogens is 1. The minimum Gasteiger partial charge on any atom is -0.497 e. The van der Waals surface area contributed by atoms with Crippen LogP contribution < -0.4 is 4.74 Å². The first-order chi connectivity index (χ1) is 17.9. The van der Waals surface area contributed by atoms with Gasteiger partial charge in [-0.15, -0.1) is 0 Å². The first kappa shape index (κ1) is 28.0. The van der Waals surface area contributed by atoms with Crippen LogP contribution >= 0.6 is 0 Å². The van der Waals surface area contributed by atoms with Crippen molar-refractivity contribution in [2.75, 3.05) is 40.5 Å². The van der Waals surface area contributed by atoms with Crippen molar-refractivity contribution in [3.63, 3.8) is 0 Å². The third-order valence-corrected chi connectivity index (χ3v) is 6.30. The number of amides is 2. The molecule has 0 radical (unpaired) electrons. The van der Waals surface area contributed by atoms with Crippen LogP contribution in [-0.4, -0.2) is 66.6 Å². The van der Waals surface area contributed by atoms with Gasteiger partial charge in [-0.05, 0) is 48.2 Å². The van der Waals surface area contributed by atoms with E-state index < -0.39 is 0 Å². The van der Waals surface area contributed by atoms with E-state index in [-0.39, 0.29) is 18.4 Å². The molecule has 0 aliphatic heterocycles. The number of nitrogens with zero attached hydrogens (tertiary/aromatic N) is 3. The molecule has 37 heavy (non-hydrogen) atoms. The van der Waals surface area contributed by atoms with Crippen molar-refractivity contribution >= 4 is 11.8 Å². The summed E-state index contributed by atoms with van der Waals surface area (Å²) < 4.78 is 12.7. The molecule has 0 saturated carbocycles. The van der Waals surface area contributed by atoms with Gasteiger partial charge >= 0.3 is 0 Å². The Labute approximate surface area is 220 Å². The van der Waals surface area contributed by atoms with E-state index in [1.54, 1.807) is 48.3 Å². The van der Waals surface area contributed by atoms with Crippen LogP contribution in [0, 0.1) is 5.92 Å². The van der Waals surface area contributed by atoms with Crippen LogP contribution in [0.3, 0.4) is 0 Å². The molecule has 0 fully saturated rings. The van der Waals surface area contributed by atoms with Gasteiger partial charge in [-0.2, -0.15) is 0 Å². The molecule has 1 aromatic heterocycles. The normalized spacial score (nSPS) is 10.9. The summed E-state index contributed by atoms with van der Waals surface area (Å²) in [7, 11) is 3.20. The largest absolute Gasteiger partial charge is 0.497 e. The molecule has 1 heterocycles. The fourth-order valence-electron chi connectivity index (χ4n) is 4.08. The lowest BCUT2D eigenvalue weighted by Gasteiger charge is -2.28. The van der Waals surface area contributed by atoms with Crippen molar-refractivity contribution in [2.45, 2.75) is 33.4 Å². The number of carbonyl (C=O) groups is 2. The van der Waals surface area contributed by atoms with Crippen LogP contribution in [-0.2, 0) is 22.6 Å². The first-order valence-electron chi connectivity index (χ1n) is 12.8. The molecular formula is C30H39N3O4. The molecule has 0 unspecified atom stereocenters. The lowest BCUT2D eigenvalue weighted by atomic mass is 10.1. The maximum absolute atomic E-state index is 13.6. The molecule has 0 spiro atoms. The van der Waals surface area contributed by atoms with E-state index in [0.29, 0.717) is 43.5 Å². The van der Waals surface area contributed by atoms with Gasteiger partial charge in [-0.1, -0.05) is 50.2 Å². The van der Waals surface area contributed by atoms with Crippen molar-refractivity contribution in [2.24, 2.45) is 5.92 Å². The van der Waals surface area contributed by atoms with Gasteiger partial charge in [0.2, 0.25) is 5.91 Å². The summed E-state index contributed by atoms with van der Waals surface area (Å²) in [5, 5.41) is 0. The number of methoxy groups -OCH3 is 2. The molecule has 2 amide bonds. The Morgan fingerprint density at radius 2 is 1.70 bits per heavy atom. The fraction of sp³-hybridized carbons (Fsp3) is 0.400. The van der Waals surface area contributed by atoms with Crippen molar-refractivity contribution < 1.29 is 19.1 Å². The van der Waals surface area contributed by atoms with Gasteiger partial charge in [-0.25, -0.2) is 0 Å². The van der Waals surface area contributed by atoms with E-state index in [0.717, 1.165) is 18.7 Å². The molecule has 3 rings (SSSR count). The smallest absolute Gasteiger partial charge is 0.254 e. The summed E-state index contributed by atoms with van der Waals surface area (Å²) in [6.45, 7) is 6.76. The van der Waals surface area contributed by atoms with Crippen LogP contribution in [0.5, 0.6) is 5.75 Å². The fourth-order valence-corrected chi connectivity index (χ4v) is 4.08. The summed E-state index contributed by atoms with van der Waals surface area (Å²) in [6.07, 6.45) is 2.84. The molecule has 7 nitrogen and oxygen atoms in total. The third kappa shape index (κ3) is 8.50. The van der Waals surface area contributed by atoms with E-state index in [1.165, 1.54) is 5.56 Å². The predicted molar refractivity (Wildman–Crippen MR) is 146 cm³/mol. The molecule has 198 valence electrons. The summed E-state index contributed by atoms with van der Waals surface area (Å²) >= 11 is 0. The Balaban J connectivity index is 1.78. The van der Waals surface area contributed by atoms with E-state index in [9.17, 15) is 9.59 Å². The first-order valence-corrected chi connectivity index (χ1v) is 12.8. The predicted octanol–water partition coefficient (Wildman–Crippen LogP) is 4.71. The zero-order chi connectivity index (χ0) is 26.6. The molecule has 0 saturated heterocycles. The SMILES string of the molecule is COCCN(Cc1cccn1Cc1ccccc1)C(=O)CN(CCC(C)C)C(=O)c1cccc(OC)c1. The summed E-state index contributed by atoms with van der Waals surface area (Å²) in [4.78, 5) is 30.5. The Hall–Kier alpha value is -3.58. The molecule has 0 N–H and O–H groups in total. The maximum Gasteiger partial charge on any atom is 0.254 e. The van der Waals surface area contributed by atoms with Crippen LogP contribution in [0.1, 0.15) is 41.9 Å². The highest BCUT2D eigenvalue weighted by Crippen LogP contribution is 2.17. The van der Waals surface area contributed by atoms with Gasteiger partial charge in [0.05, 0.1) is 20.3 Å². The molecule has 2 aromatic carbocycles. The molecule has 0 aliphatic carbocycles. The molecular weight excluding hydrogens is 466 g/mol. The Bertz CT molecular complexity index is 1130. The molecule has 0 aliphatic rings. The van der Waals surface area contributed by atoms with Gasteiger partial charge in [0, 0.05) is 44.2 Å². The minimum absolute atomic E-state index is 0.00582. The second kappa shape index (κ2) is 14.2.